The number of carbonyl (C=O) groups is 2. The lowest BCUT2D eigenvalue weighted by molar-refractivity contribution is -0.120. The molecule has 0 fully saturated rings. The third kappa shape index (κ3) is 3.66. The Morgan fingerprint density at radius 2 is 2.00 bits per heavy atom. The minimum atomic E-state index is -0.767. The summed E-state index contributed by atoms with van der Waals surface area (Å²) in [5, 5.41) is 2.52. The number of carbonyl (C=O) groups excluding carboxylic acids is 2. The second-order valence-electron chi connectivity index (χ2n) is 4.22. The van der Waals surface area contributed by atoms with Crippen LogP contribution in [-0.2, 0) is 4.79 Å². The first kappa shape index (κ1) is 14.9. The Morgan fingerprint density at radius 1 is 1.39 bits per heavy atom. The maximum atomic E-state index is 13.1. The Morgan fingerprint density at radius 3 is 2.50 bits per heavy atom. The Bertz CT molecular complexity index is 477. The van der Waals surface area contributed by atoms with Gasteiger partial charge in [-0.2, -0.15) is 0 Å². The molecular formula is C12H14FIN2O2. The van der Waals surface area contributed by atoms with E-state index >= 15 is 0 Å². The third-order valence-corrected chi connectivity index (χ3v) is 3.37. The van der Waals surface area contributed by atoms with Gasteiger partial charge in [0.25, 0.3) is 5.91 Å². The Balaban J connectivity index is 2.94. The van der Waals surface area contributed by atoms with Crippen LogP contribution in [0.2, 0.25) is 0 Å². The van der Waals surface area contributed by atoms with Gasteiger partial charge in [0, 0.05) is 3.57 Å². The van der Waals surface area contributed by atoms with Crippen molar-refractivity contribution in [3.8, 4) is 0 Å². The van der Waals surface area contributed by atoms with Crippen LogP contribution in [0, 0.1) is 15.3 Å². The number of nitrogens with one attached hydrogen (secondary N) is 1. The van der Waals surface area contributed by atoms with Crippen LogP contribution in [0.3, 0.4) is 0 Å². The zero-order valence-electron chi connectivity index (χ0n) is 10.0. The zero-order chi connectivity index (χ0) is 13.9. The minimum Gasteiger partial charge on any atom is -0.368 e. The standard InChI is InChI=1S/C12H14FIN2O2/c1-6(2)10(11(15)17)16-12(18)8-5-7(13)3-4-9(8)14/h3-6,10H,1-2H3,(H2,15,17)(H,16,18)/t10-/m1/s1. The second-order valence-corrected chi connectivity index (χ2v) is 5.38. The summed E-state index contributed by atoms with van der Waals surface area (Å²) in [4.78, 5) is 23.1. The number of halogens is 2. The SMILES string of the molecule is CC(C)[C@@H](NC(=O)c1cc(F)ccc1I)C(N)=O. The molecule has 0 radical (unpaired) electrons. The number of rotatable bonds is 4. The maximum Gasteiger partial charge on any atom is 0.253 e. The molecule has 98 valence electrons. The van der Waals surface area contributed by atoms with Crippen LogP contribution < -0.4 is 11.1 Å². The molecule has 0 aliphatic rings. The molecule has 0 saturated heterocycles. The summed E-state index contributed by atoms with van der Waals surface area (Å²) in [6, 6.07) is 3.14. The second kappa shape index (κ2) is 6.12. The molecule has 0 saturated carbocycles. The average molecular weight is 364 g/mol. The van der Waals surface area contributed by atoms with Crippen molar-refractivity contribution in [1.29, 1.82) is 0 Å². The summed E-state index contributed by atoms with van der Waals surface area (Å²) in [6.07, 6.45) is 0. The van der Waals surface area contributed by atoms with E-state index in [1.165, 1.54) is 12.1 Å². The van der Waals surface area contributed by atoms with Gasteiger partial charge in [-0.15, -0.1) is 0 Å². The molecule has 0 bridgehead atoms. The fraction of sp³-hybridized carbons (Fsp3) is 0.333. The molecule has 1 aromatic carbocycles. The molecule has 2 amide bonds. The normalized spacial score (nSPS) is 12.3. The minimum absolute atomic E-state index is 0.127. The van der Waals surface area contributed by atoms with Gasteiger partial charge < -0.3 is 11.1 Å². The largest absolute Gasteiger partial charge is 0.368 e. The highest BCUT2D eigenvalue weighted by Gasteiger charge is 2.23. The zero-order valence-corrected chi connectivity index (χ0v) is 12.2. The lowest BCUT2D eigenvalue weighted by Crippen LogP contribution is -2.47. The van der Waals surface area contributed by atoms with Gasteiger partial charge in [-0.05, 0) is 46.7 Å². The van der Waals surface area contributed by atoms with Crippen LogP contribution in [0.1, 0.15) is 24.2 Å². The van der Waals surface area contributed by atoms with Crippen molar-refractivity contribution >= 4 is 34.4 Å². The van der Waals surface area contributed by atoms with Crippen LogP contribution in [-0.4, -0.2) is 17.9 Å². The first-order valence-electron chi connectivity index (χ1n) is 5.38. The third-order valence-electron chi connectivity index (χ3n) is 2.43. The van der Waals surface area contributed by atoms with Gasteiger partial charge in [0.05, 0.1) is 5.56 Å². The van der Waals surface area contributed by atoms with Crippen molar-refractivity contribution in [2.45, 2.75) is 19.9 Å². The predicted molar refractivity (Wildman–Crippen MR) is 74.4 cm³/mol. The monoisotopic (exact) mass is 364 g/mol. The highest BCUT2D eigenvalue weighted by Crippen LogP contribution is 2.14. The average Bonchev–Trinajstić information content (AvgIpc) is 2.28. The first-order valence-corrected chi connectivity index (χ1v) is 6.46. The Labute approximate surface area is 118 Å². The fourth-order valence-corrected chi connectivity index (χ4v) is 2.04. The van der Waals surface area contributed by atoms with Crippen LogP contribution in [0.25, 0.3) is 0 Å². The molecule has 18 heavy (non-hydrogen) atoms. The molecule has 0 aromatic heterocycles. The van der Waals surface area contributed by atoms with E-state index in [0.717, 1.165) is 6.07 Å². The van der Waals surface area contributed by atoms with Crippen LogP contribution >= 0.6 is 22.6 Å². The molecular weight excluding hydrogens is 350 g/mol. The first-order chi connectivity index (χ1) is 8.32. The van der Waals surface area contributed by atoms with Gasteiger partial charge >= 0.3 is 0 Å². The quantitative estimate of drug-likeness (QED) is 0.798. The summed E-state index contributed by atoms with van der Waals surface area (Å²) >= 11 is 1.93. The van der Waals surface area contributed by atoms with Crippen molar-refractivity contribution in [1.82, 2.24) is 5.32 Å². The lowest BCUT2D eigenvalue weighted by atomic mass is 10.0. The lowest BCUT2D eigenvalue weighted by Gasteiger charge is -2.19. The molecule has 1 rings (SSSR count). The number of hydrogen-bond acceptors (Lipinski definition) is 2. The summed E-state index contributed by atoms with van der Waals surface area (Å²) in [5.41, 5.74) is 5.40. The summed E-state index contributed by atoms with van der Waals surface area (Å²) < 4.78 is 13.7. The number of hydrogen-bond donors (Lipinski definition) is 2. The van der Waals surface area contributed by atoms with Gasteiger partial charge in [-0.1, -0.05) is 13.8 Å². The molecule has 1 aromatic rings. The van der Waals surface area contributed by atoms with Crippen molar-refractivity contribution in [3.63, 3.8) is 0 Å². The smallest absolute Gasteiger partial charge is 0.253 e. The van der Waals surface area contributed by atoms with Gasteiger partial charge in [0.15, 0.2) is 0 Å². The topological polar surface area (TPSA) is 72.2 Å². The molecule has 0 heterocycles. The Kier molecular flexibility index (Phi) is 5.06. The number of benzene rings is 1. The molecule has 0 aliphatic heterocycles. The highest BCUT2D eigenvalue weighted by molar-refractivity contribution is 14.1. The number of primary amides is 1. The van der Waals surface area contributed by atoms with E-state index in [-0.39, 0.29) is 11.5 Å². The summed E-state index contributed by atoms with van der Waals surface area (Å²) in [7, 11) is 0. The van der Waals surface area contributed by atoms with E-state index < -0.39 is 23.7 Å². The Hall–Kier alpha value is -1.18. The molecule has 0 aliphatic carbocycles. The number of amides is 2. The van der Waals surface area contributed by atoms with Crippen LogP contribution in [0.15, 0.2) is 18.2 Å². The van der Waals surface area contributed by atoms with Gasteiger partial charge in [0.2, 0.25) is 5.91 Å². The van der Waals surface area contributed by atoms with Crippen molar-refractivity contribution in [2.75, 3.05) is 0 Å². The predicted octanol–water partition coefficient (Wildman–Crippen LogP) is 1.67. The molecule has 0 unspecified atom stereocenters. The van der Waals surface area contributed by atoms with Gasteiger partial charge in [-0.25, -0.2) is 4.39 Å². The summed E-state index contributed by atoms with van der Waals surface area (Å²) in [5.74, 6) is -1.74. The fourth-order valence-electron chi connectivity index (χ4n) is 1.46. The maximum absolute atomic E-state index is 13.1. The van der Waals surface area contributed by atoms with Gasteiger partial charge in [0.1, 0.15) is 11.9 Å². The van der Waals surface area contributed by atoms with Crippen molar-refractivity contribution in [3.05, 3.63) is 33.1 Å². The van der Waals surface area contributed by atoms with Crippen LogP contribution in [0.5, 0.6) is 0 Å². The van der Waals surface area contributed by atoms with Gasteiger partial charge in [-0.3, -0.25) is 9.59 Å². The highest BCUT2D eigenvalue weighted by atomic mass is 127. The molecule has 1 atom stereocenters. The van der Waals surface area contributed by atoms with Crippen LogP contribution in [0.4, 0.5) is 4.39 Å². The van der Waals surface area contributed by atoms with E-state index in [0.29, 0.717) is 3.57 Å². The molecule has 0 spiro atoms. The van der Waals surface area contributed by atoms with Crippen molar-refractivity contribution in [2.24, 2.45) is 11.7 Å². The van der Waals surface area contributed by atoms with E-state index in [9.17, 15) is 14.0 Å². The van der Waals surface area contributed by atoms with E-state index in [2.05, 4.69) is 5.32 Å². The molecule has 4 nitrogen and oxygen atoms in total. The molecule has 6 heteroatoms. The van der Waals surface area contributed by atoms with Crippen molar-refractivity contribution < 1.29 is 14.0 Å². The molecule has 3 N–H and O–H groups in total. The number of nitrogens with two attached hydrogens (primary N) is 1. The van der Waals surface area contributed by atoms with E-state index in [1.807, 2.05) is 22.6 Å². The van der Waals surface area contributed by atoms with E-state index in [1.54, 1.807) is 13.8 Å². The van der Waals surface area contributed by atoms with E-state index in [4.69, 9.17) is 5.73 Å². The summed E-state index contributed by atoms with van der Waals surface area (Å²) in [6.45, 7) is 3.54.